The highest BCUT2D eigenvalue weighted by molar-refractivity contribution is 5.41. The fourth-order valence-corrected chi connectivity index (χ4v) is 2.16. The first-order valence-corrected chi connectivity index (χ1v) is 6.65. The second kappa shape index (κ2) is 6.66. The standard InChI is InChI=1S/C13H22N4O/c1-3-4-14-9-12-10-18-6-5-17(12)13-7-11(2)8-15-16-13/h7-8,12,14H,3-6,9-10H2,1-2H3. The molecule has 0 saturated carbocycles. The van der Waals surface area contributed by atoms with Crippen LogP contribution in [0.3, 0.4) is 0 Å². The minimum absolute atomic E-state index is 0.349. The van der Waals surface area contributed by atoms with Crippen molar-refractivity contribution in [3.8, 4) is 0 Å². The van der Waals surface area contributed by atoms with Gasteiger partial charge in [-0.1, -0.05) is 6.92 Å². The van der Waals surface area contributed by atoms with Gasteiger partial charge in [0.05, 0.1) is 25.5 Å². The number of nitrogens with one attached hydrogen (secondary N) is 1. The molecule has 1 aliphatic heterocycles. The zero-order valence-electron chi connectivity index (χ0n) is 11.2. The lowest BCUT2D eigenvalue weighted by molar-refractivity contribution is 0.0933. The topological polar surface area (TPSA) is 50.3 Å². The van der Waals surface area contributed by atoms with Crippen LogP contribution in [0.25, 0.3) is 0 Å². The average Bonchev–Trinajstić information content (AvgIpc) is 2.40. The van der Waals surface area contributed by atoms with Crippen molar-refractivity contribution in [2.24, 2.45) is 0 Å². The van der Waals surface area contributed by atoms with Crippen molar-refractivity contribution >= 4 is 5.82 Å². The van der Waals surface area contributed by atoms with Gasteiger partial charge >= 0.3 is 0 Å². The number of morpholine rings is 1. The van der Waals surface area contributed by atoms with E-state index in [2.05, 4.69) is 33.4 Å². The first-order chi connectivity index (χ1) is 8.81. The Morgan fingerprint density at radius 2 is 2.44 bits per heavy atom. The van der Waals surface area contributed by atoms with Gasteiger partial charge in [-0.15, -0.1) is 5.10 Å². The quantitative estimate of drug-likeness (QED) is 0.790. The maximum Gasteiger partial charge on any atom is 0.151 e. The molecule has 18 heavy (non-hydrogen) atoms. The summed E-state index contributed by atoms with van der Waals surface area (Å²) >= 11 is 0. The van der Waals surface area contributed by atoms with E-state index in [1.807, 2.05) is 6.92 Å². The van der Waals surface area contributed by atoms with Gasteiger partial charge in [-0.3, -0.25) is 0 Å². The average molecular weight is 250 g/mol. The molecule has 1 fully saturated rings. The number of anilines is 1. The van der Waals surface area contributed by atoms with E-state index < -0.39 is 0 Å². The molecule has 100 valence electrons. The normalized spacial score (nSPS) is 20.1. The summed E-state index contributed by atoms with van der Waals surface area (Å²) in [6.45, 7) is 8.60. The molecule has 2 rings (SSSR count). The highest BCUT2D eigenvalue weighted by Gasteiger charge is 2.24. The smallest absolute Gasteiger partial charge is 0.151 e. The molecule has 0 spiro atoms. The number of hydrogen-bond donors (Lipinski definition) is 1. The molecule has 0 radical (unpaired) electrons. The van der Waals surface area contributed by atoms with E-state index in [-0.39, 0.29) is 0 Å². The molecule has 1 unspecified atom stereocenters. The van der Waals surface area contributed by atoms with Crippen molar-refractivity contribution in [3.05, 3.63) is 17.8 Å². The van der Waals surface area contributed by atoms with Crippen molar-refractivity contribution < 1.29 is 4.74 Å². The van der Waals surface area contributed by atoms with E-state index >= 15 is 0 Å². The number of nitrogens with zero attached hydrogens (tertiary/aromatic N) is 3. The molecular formula is C13H22N4O. The van der Waals surface area contributed by atoms with Gasteiger partial charge in [-0.25, -0.2) is 0 Å². The van der Waals surface area contributed by atoms with E-state index in [0.717, 1.165) is 50.7 Å². The van der Waals surface area contributed by atoms with Gasteiger partial charge < -0.3 is 15.0 Å². The molecule has 0 amide bonds. The highest BCUT2D eigenvalue weighted by atomic mass is 16.5. The zero-order chi connectivity index (χ0) is 12.8. The predicted molar refractivity (Wildman–Crippen MR) is 71.9 cm³/mol. The molecule has 5 nitrogen and oxygen atoms in total. The van der Waals surface area contributed by atoms with Crippen molar-refractivity contribution in [1.29, 1.82) is 0 Å². The fourth-order valence-electron chi connectivity index (χ4n) is 2.16. The van der Waals surface area contributed by atoms with E-state index in [4.69, 9.17) is 4.74 Å². The van der Waals surface area contributed by atoms with Crippen molar-refractivity contribution in [3.63, 3.8) is 0 Å². The zero-order valence-corrected chi connectivity index (χ0v) is 11.2. The molecule has 1 aromatic heterocycles. The Balaban J connectivity index is 2.03. The number of aromatic nitrogens is 2. The lowest BCUT2D eigenvalue weighted by Crippen LogP contribution is -2.51. The summed E-state index contributed by atoms with van der Waals surface area (Å²) in [6.07, 6.45) is 2.94. The molecule has 5 heteroatoms. The third kappa shape index (κ3) is 3.40. The van der Waals surface area contributed by atoms with Crippen LogP contribution in [0.2, 0.25) is 0 Å². The van der Waals surface area contributed by atoms with Crippen LogP contribution in [0.1, 0.15) is 18.9 Å². The van der Waals surface area contributed by atoms with Crippen LogP contribution in [-0.4, -0.2) is 49.1 Å². The van der Waals surface area contributed by atoms with Crippen molar-refractivity contribution in [2.75, 3.05) is 37.7 Å². The highest BCUT2D eigenvalue weighted by Crippen LogP contribution is 2.17. The monoisotopic (exact) mass is 250 g/mol. The minimum atomic E-state index is 0.349. The molecule has 0 bridgehead atoms. The molecule has 1 aliphatic rings. The van der Waals surface area contributed by atoms with Crippen LogP contribution in [0.15, 0.2) is 12.3 Å². The van der Waals surface area contributed by atoms with E-state index in [1.54, 1.807) is 6.20 Å². The predicted octanol–water partition coefficient (Wildman–Crippen LogP) is 0.990. The van der Waals surface area contributed by atoms with Gasteiger partial charge in [0, 0.05) is 13.1 Å². The van der Waals surface area contributed by atoms with Gasteiger partial charge in [-0.05, 0) is 31.5 Å². The fraction of sp³-hybridized carbons (Fsp3) is 0.692. The van der Waals surface area contributed by atoms with Crippen LogP contribution in [-0.2, 0) is 4.74 Å². The Bertz CT molecular complexity index is 372. The largest absolute Gasteiger partial charge is 0.377 e. The molecule has 0 aromatic carbocycles. The van der Waals surface area contributed by atoms with E-state index in [9.17, 15) is 0 Å². The molecule has 1 N–H and O–H groups in total. The number of aryl methyl sites for hydroxylation is 1. The molecule has 2 heterocycles. The summed E-state index contributed by atoms with van der Waals surface area (Å²) in [5.41, 5.74) is 1.15. The summed E-state index contributed by atoms with van der Waals surface area (Å²) in [7, 11) is 0. The molecule has 0 aliphatic carbocycles. The number of ether oxygens (including phenoxy) is 1. The van der Waals surface area contributed by atoms with Crippen molar-refractivity contribution in [1.82, 2.24) is 15.5 Å². The first kappa shape index (κ1) is 13.2. The second-order valence-electron chi connectivity index (χ2n) is 4.72. The number of hydrogen-bond acceptors (Lipinski definition) is 5. The molecule has 1 aromatic rings. The van der Waals surface area contributed by atoms with Gasteiger partial charge in [0.25, 0.3) is 0 Å². The van der Waals surface area contributed by atoms with Crippen LogP contribution >= 0.6 is 0 Å². The first-order valence-electron chi connectivity index (χ1n) is 6.65. The van der Waals surface area contributed by atoms with Crippen LogP contribution < -0.4 is 10.2 Å². The lowest BCUT2D eigenvalue weighted by atomic mass is 10.2. The maximum absolute atomic E-state index is 5.56. The molecule has 1 saturated heterocycles. The third-order valence-electron chi connectivity index (χ3n) is 3.11. The van der Waals surface area contributed by atoms with Gasteiger partial charge in [0.2, 0.25) is 0 Å². The summed E-state index contributed by atoms with van der Waals surface area (Å²) in [5.74, 6) is 0.960. The SMILES string of the molecule is CCCNCC1COCCN1c1cc(C)cnn1. The van der Waals surface area contributed by atoms with Gasteiger partial charge in [-0.2, -0.15) is 5.10 Å². The van der Waals surface area contributed by atoms with Gasteiger partial charge in [0.1, 0.15) is 0 Å². The van der Waals surface area contributed by atoms with Crippen LogP contribution in [0.5, 0.6) is 0 Å². The Kier molecular flexibility index (Phi) is 4.90. The summed E-state index contributed by atoms with van der Waals surface area (Å²) in [5, 5.41) is 11.7. The molecular weight excluding hydrogens is 228 g/mol. The summed E-state index contributed by atoms with van der Waals surface area (Å²) < 4.78 is 5.56. The van der Waals surface area contributed by atoms with Gasteiger partial charge in [0.15, 0.2) is 5.82 Å². The Labute approximate surface area is 109 Å². The summed E-state index contributed by atoms with van der Waals surface area (Å²) in [6, 6.07) is 2.44. The maximum atomic E-state index is 5.56. The molecule has 1 atom stereocenters. The third-order valence-corrected chi connectivity index (χ3v) is 3.11. The van der Waals surface area contributed by atoms with Crippen LogP contribution in [0, 0.1) is 6.92 Å². The Hall–Kier alpha value is -1.20. The second-order valence-corrected chi connectivity index (χ2v) is 4.72. The lowest BCUT2D eigenvalue weighted by Gasteiger charge is -2.36. The number of rotatable bonds is 5. The Morgan fingerprint density at radius 3 is 3.22 bits per heavy atom. The Morgan fingerprint density at radius 1 is 1.56 bits per heavy atom. The van der Waals surface area contributed by atoms with E-state index in [0.29, 0.717) is 6.04 Å². The summed E-state index contributed by atoms with van der Waals surface area (Å²) in [4.78, 5) is 2.30. The van der Waals surface area contributed by atoms with Crippen molar-refractivity contribution in [2.45, 2.75) is 26.3 Å². The minimum Gasteiger partial charge on any atom is -0.377 e. The van der Waals surface area contributed by atoms with Crippen LogP contribution in [0.4, 0.5) is 5.82 Å². The van der Waals surface area contributed by atoms with E-state index in [1.165, 1.54) is 0 Å².